The zero-order valence-electron chi connectivity index (χ0n) is 24.8. The Morgan fingerprint density at radius 1 is 0.977 bits per heavy atom. The summed E-state index contributed by atoms with van der Waals surface area (Å²) in [5.74, 6) is -1.44. The van der Waals surface area contributed by atoms with Gasteiger partial charge < -0.3 is 23.6 Å². The van der Waals surface area contributed by atoms with Crippen LogP contribution < -0.4 is 15.0 Å². The summed E-state index contributed by atoms with van der Waals surface area (Å²) in [5, 5.41) is 8.51. The maximum Gasteiger partial charge on any atom is 0.316 e. The van der Waals surface area contributed by atoms with Crippen molar-refractivity contribution in [3.63, 3.8) is 0 Å². The van der Waals surface area contributed by atoms with Crippen molar-refractivity contribution in [3.8, 4) is 11.5 Å². The lowest BCUT2D eigenvalue weighted by molar-refractivity contribution is 0.0315. The smallest absolute Gasteiger partial charge is 0.316 e. The van der Waals surface area contributed by atoms with Crippen LogP contribution >= 0.6 is 28.5 Å². The van der Waals surface area contributed by atoms with Crippen LogP contribution in [0.3, 0.4) is 0 Å². The van der Waals surface area contributed by atoms with Crippen molar-refractivity contribution in [2.45, 2.75) is 24.8 Å². The average molecular weight is 645 g/mol. The molecule has 0 bridgehead atoms. The molecule has 10 nitrogen and oxygen atoms in total. The predicted molar refractivity (Wildman–Crippen MR) is 174 cm³/mol. The summed E-state index contributed by atoms with van der Waals surface area (Å²) in [5.41, 5.74) is 2.52. The Hall–Kier alpha value is -2.86. The van der Waals surface area contributed by atoms with Gasteiger partial charge in [0.25, 0.3) is 5.56 Å². The van der Waals surface area contributed by atoms with E-state index in [1.807, 2.05) is 55.4 Å². The normalized spacial score (nSPS) is 13.6. The Bertz CT molecular complexity index is 1590. The molecule has 0 radical (unpaired) electrons. The van der Waals surface area contributed by atoms with Crippen LogP contribution in [-0.2, 0) is 32.5 Å². The molecular weight excluding hydrogens is 607 g/mol. The Morgan fingerprint density at radius 3 is 2.56 bits per heavy atom. The molecule has 43 heavy (non-hydrogen) atoms. The number of likely N-dealkylation sites (N-methyl/N-ethyl adjacent to an activating group) is 1. The molecule has 1 aromatic heterocycles. The van der Waals surface area contributed by atoms with Gasteiger partial charge in [0.15, 0.2) is 0 Å². The number of hydrogen-bond acceptors (Lipinski definition) is 11. The van der Waals surface area contributed by atoms with Crippen molar-refractivity contribution < 1.29 is 23.3 Å². The minimum atomic E-state index is -3.25. The standard InChI is InChI=1S/C30H37N4O6PS2/c1-33(2)19-26(20-39-29-15-8-5-11-24(29)17-16-23-10-9-12-25(18-23)37-3)40-22-43-41(36,38-4)42-21-34-30(35)27-13-6-7-14-28(27)31-32-34/h5-15,18,26H,16-17,19-22H2,1-4H3/t26-,41?/m0/s1. The number of benzene rings is 3. The molecule has 0 saturated carbocycles. The molecule has 0 saturated heterocycles. The third-order valence-electron chi connectivity index (χ3n) is 6.49. The van der Waals surface area contributed by atoms with Crippen molar-refractivity contribution in [2.75, 3.05) is 47.4 Å². The molecular formula is C30H37N4O6PS2. The third kappa shape index (κ3) is 9.82. The van der Waals surface area contributed by atoms with Gasteiger partial charge in [-0.05, 0) is 91.2 Å². The van der Waals surface area contributed by atoms with Gasteiger partial charge in [-0.1, -0.05) is 47.7 Å². The van der Waals surface area contributed by atoms with Crippen LogP contribution in [0.25, 0.3) is 10.9 Å². The highest BCUT2D eigenvalue weighted by atomic mass is 33.1. The summed E-state index contributed by atoms with van der Waals surface area (Å²) in [4.78, 5) is 14.8. The van der Waals surface area contributed by atoms with Gasteiger partial charge in [-0.3, -0.25) is 9.36 Å². The van der Waals surface area contributed by atoms with Crippen LogP contribution in [0.15, 0.2) is 77.6 Å². The highest BCUT2D eigenvalue weighted by molar-refractivity contribution is 8.89. The monoisotopic (exact) mass is 644 g/mol. The number of methoxy groups -OCH3 is 1. The lowest BCUT2D eigenvalue weighted by atomic mass is 10.0. The summed E-state index contributed by atoms with van der Waals surface area (Å²) < 4.78 is 37.7. The summed E-state index contributed by atoms with van der Waals surface area (Å²) in [6.07, 6.45) is 1.39. The number of fused-ring (bicyclic) bond motifs is 1. The number of aromatic nitrogens is 3. The Balaban J connectivity index is 1.32. The second-order valence-electron chi connectivity index (χ2n) is 9.87. The first-order valence-electron chi connectivity index (χ1n) is 13.7. The fourth-order valence-electron chi connectivity index (χ4n) is 4.27. The maximum absolute atomic E-state index is 13.4. The lowest BCUT2D eigenvalue weighted by Crippen LogP contribution is -2.33. The fourth-order valence-corrected chi connectivity index (χ4v) is 9.02. The third-order valence-corrected chi connectivity index (χ3v) is 13.5. The number of hydrogen-bond donors (Lipinski definition) is 0. The zero-order chi connectivity index (χ0) is 30.7. The number of nitrogens with zero attached hydrogens (tertiary/aromatic N) is 4. The quantitative estimate of drug-likeness (QED) is 0.104. The van der Waals surface area contributed by atoms with Gasteiger partial charge in [0.2, 0.25) is 0 Å². The van der Waals surface area contributed by atoms with Gasteiger partial charge >= 0.3 is 5.77 Å². The number of rotatable bonds is 17. The summed E-state index contributed by atoms with van der Waals surface area (Å²) >= 11 is 2.08. The molecule has 0 N–H and O–H groups in total. The summed E-state index contributed by atoms with van der Waals surface area (Å²) in [6.45, 7) is 0.931. The molecule has 0 amide bonds. The van der Waals surface area contributed by atoms with Crippen molar-refractivity contribution in [1.82, 2.24) is 19.9 Å². The van der Waals surface area contributed by atoms with E-state index in [0.717, 1.165) is 52.7 Å². The Kier molecular flexibility index (Phi) is 12.5. The van der Waals surface area contributed by atoms with E-state index in [1.54, 1.807) is 31.4 Å². The van der Waals surface area contributed by atoms with Crippen LogP contribution in [0.2, 0.25) is 0 Å². The van der Waals surface area contributed by atoms with E-state index < -0.39 is 5.77 Å². The van der Waals surface area contributed by atoms with Crippen LogP contribution in [0.4, 0.5) is 0 Å². The van der Waals surface area contributed by atoms with Gasteiger partial charge in [0, 0.05) is 13.7 Å². The average Bonchev–Trinajstić information content (AvgIpc) is 3.02. The summed E-state index contributed by atoms with van der Waals surface area (Å²) in [7, 11) is 6.98. The van der Waals surface area contributed by atoms with Crippen LogP contribution in [0.5, 0.6) is 11.5 Å². The topological polar surface area (TPSA) is 105 Å². The molecule has 0 spiro atoms. The van der Waals surface area contributed by atoms with E-state index in [2.05, 4.69) is 22.4 Å². The lowest BCUT2D eigenvalue weighted by Gasteiger charge is -2.23. The largest absolute Gasteiger partial charge is 0.497 e. The van der Waals surface area contributed by atoms with E-state index >= 15 is 0 Å². The Morgan fingerprint density at radius 2 is 1.77 bits per heavy atom. The minimum Gasteiger partial charge on any atom is -0.497 e. The zero-order valence-corrected chi connectivity index (χ0v) is 27.3. The van der Waals surface area contributed by atoms with Gasteiger partial charge in [0.1, 0.15) is 41.5 Å². The molecule has 3 aromatic carbocycles. The Labute approximate surface area is 260 Å². The van der Waals surface area contributed by atoms with Crippen molar-refractivity contribution in [2.24, 2.45) is 0 Å². The van der Waals surface area contributed by atoms with E-state index in [-0.39, 0.29) is 23.5 Å². The summed E-state index contributed by atoms with van der Waals surface area (Å²) in [6, 6.07) is 23.1. The molecule has 230 valence electrons. The fraction of sp³-hybridized carbons (Fsp3) is 0.367. The molecule has 4 rings (SSSR count). The number of ether oxygens (including phenoxy) is 3. The first-order chi connectivity index (χ1) is 20.8. The SMILES string of the molecule is COc1cccc(CCc2ccccc2OC[C@H](CN(C)C)OCSP(=O)(OC)SCn2nnc3ccccc3c2=O)c1. The second kappa shape index (κ2) is 16.3. The van der Waals surface area contributed by atoms with Crippen molar-refractivity contribution in [1.29, 1.82) is 0 Å². The number of para-hydroxylation sites is 1. The van der Waals surface area contributed by atoms with Crippen LogP contribution in [-0.4, -0.2) is 73.4 Å². The molecule has 0 aliphatic heterocycles. The maximum atomic E-state index is 13.4. The van der Waals surface area contributed by atoms with Gasteiger partial charge in [0.05, 0.1) is 12.5 Å². The second-order valence-corrected chi connectivity index (χ2v) is 17.3. The molecule has 4 aromatic rings. The molecule has 1 heterocycles. The number of aryl methyl sites for hydroxylation is 2. The highest BCUT2D eigenvalue weighted by Crippen LogP contribution is 2.69. The van der Waals surface area contributed by atoms with E-state index in [4.69, 9.17) is 18.7 Å². The van der Waals surface area contributed by atoms with Gasteiger partial charge in [-0.15, -0.1) is 5.10 Å². The van der Waals surface area contributed by atoms with Crippen molar-refractivity contribution >= 4 is 39.4 Å². The highest BCUT2D eigenvalue weighted by Gasteiger charge is 2.26. The van der Waals surface area contributed by atoms with Crippen LogP contribution in [0.1, 0.15) is 11.1 Å². The molecule has 0 fully saturated rings. The predicted octanol–water partition coefficient (Wildman–Crippen LogP) is 5.75. The molecule has 0 aliphatic carbocycles. The van der Waals surface area contributed by atoms with E-state index in [9.17, 15) is 9.36 Å². The first-order valence-corrected chi connectivity index (χ1v) is 18.5. The van der Waals surface area contributed by atoms with Crippen molar-refractivity contribution in [3.05, 3.63) is 94.3 Å². The molecule has 1 unspecified atom stereocenters. The van der Waals surface area contributed by atoms with Gasteiger partial charge in [-0.2, -0.15) is 4.68 Å². The molecule has 2 atom stereocenters. The van der Waals surface area contributed by atoms with Crippen LogP contribution in [0, 0.1) is 0 Å². The first kappa shape index (κ1) is 33.0. The minimum absolute atomic E-state index is 0.0333. The molecule has 13 heteroatoms. The van der Waals surface area contributed by atoms with E-state index in [1.165, 1.54) is 17.4 Å². The molecule has 0 aliphatic rings. The van der Waals surface area contributed by atoms with E-state index in [0.29, 0.717) is 24.1 Å². The van der Waals surface area contributed by atoms with Gasteiger partial charge in [-0.25, -0.2) is 0 Å².